The molecule has 6 heteroatoms. The summed E-state index contributed by atoms with van der Waals surface area (Å²) in [7, 11) is 0. The number of nitrogens with zero attached hydrogens (tertiary/aromatic N) is 6. The van der Waals surface area contributed by atoms with Crippen LogP contribution in [0.1, 0.15) is 5.56 Å². The Hall–Kier alpha value is -6.32. The lowest BCUT2D eigenvalue weighted by atomic mass is 9.96. The van der Waals surface area contributed by atoms with Crippen molar-refractivity contribution in [1.82, 2.24) is 24.9 Å². The molecule has 0 bridgehead atoms. The van der Waals surface area contributed by atoms with Crippen LogP contribution in [0.25, 0.3) is 77.9 Å². The van der Waals surface area contributed by atoms with E-state index in [0.29, 0.717) is 22.6 Å². The van der Waals surface area contributed by atoms with Gasteiger partial charge in [0.05, 0.1) is 50.8 Å². The summed E-state index contributed by atoms with van der Waals surface area (Å²) in [5.41, 5.74) is 10.7. The van der Waals surface area contributed by atoms with Crippen molar-refractivity contribution in [2.24, 2.45) is 0 Å². The van der Waals surface area contributed by atoms with Gasteiger partial charge in [0.2, 0.25) is 0 Å². The molecule has 0 aliphatic rings. The normalized spacial score (nSPS) is 11.2. The highest BCUT2D eigenvalue weighted by Crippen LogP contribution is 2.37. The number of rotatable bonds is 4. The van der Waals surface area contributed by atoms with Gasteiger partial charge in [0.25, 0.3) is 0 Å². The summed E-state index contributed by atoms with van der Waals surface area (Å²) < 4.78 is 0. The highest BCUT2D eigenvalue weighted by molar-refractivity contribution is 5.99. The zero-order valence-electron chi connectivity index (χ0n) is 23.4. The summed E-state index contributed by atoms with van der Waals surface area (Å²) in [5.74, 6) is 0. The van der Waals surface area contributed by atoms with Gasteiger partial charge in [-0.2, -0.15) is 5.26 Å². The Balaban J connectivity index is 1.45. The van der Waals surface area contributed by atoms with Gasteiger partial charge in [-0.3, -0.25) is 9.97 Å². The maximum Gasteiger partial charge on any atom is 0.116 e. The number of para-hydroxylation sites is 2. The Kier molecular flexibility index (Phi) is 6.06. The molecule has 0 unspecified atom stereocenters. The minimum absolute atomic E-state index is 0.584. The van der Waals surface area contributed by atoms with E-state index in [-0.39, 0.29) is 0 Å². The van der Waals surface area contributed by atoms with Crippen molar-refractivity contribution < 1.29 is 0 Å². The van der Waals surface area contributed by atoms with E-state index in [0.717, 1.165) is 60.8 Å². The smallest absolute Gasteiger partial charge is 0.116 e. The van der Waals surface area contributed by atoms with E-state index in [2.05, 4.69) is 52.4 Å². The quantitative estimate of drug-likeness (QED) is 0.213. The van der Waals surface area contributed by atoms with Gasteiger partial charge in [-0.05, 0) is 71.8 Å². The third-order valence-electron chi connectivity index (χ3n) is 7.80. The fourth-order valence-electron chi connectivity index (χ4n) is 5.71. The van der Waals surface area contributed by atoms with Crippen LogP contribution >= 0.6 is 0 Å². The zero-order chi connectivity index (χ0) is 29.5. The molecule has 0 atom stereocenters. The number of fused-ring (bicyclic) bond motifs is 3. The van der Waals surface area contributed by atoms with E-state index in [4.69, 9.17) is 15.0 Å². The molecule has 0 aliphatic heterocycles. The zero-order valence-corrected chi connectivity index (χ0v) is 23.4. The molecule has 44 heavy (non-hydrogen) atoms. The summed E-state index contributed by atoms with van der Waals surface area (Å²) in [4.78, 5) is 24.7. The van der Waals surface area contributed by atoms with E-state index in [1.165, 1.54) is 0 Å². The Morgan fingerprint density at radius 1 is 0.455 bits per heavy atom. The predicted molar refractivity (Wildman–Crippen MR) is 174 cm³/mol. The first-order valence-electron chi connectivity index (χ1n) is 14.2. The van der Waals surface area contributed by atoms with E-state index >= 15 is 0 Å². The molecule has 0 radical (unpaired) electrons. The van der Waals surface area contributed by atoms with Crippen LogP contribution in [0.3, 0.4) is 0 Å². The Morgan fingerprint density at radius 2 is 1.05 bits per heavy atom. The third kappa shape index (κ3) is 4.41. The number of hydrogen-bond donors (Lipinski definition) is 0. The van der Waals surface area contributed by atoms with Gasteiger partial charge >= 0.3 is 0 Å². The van der Waals surface area contributed by atoms with Crippen LogP contribution in [0.15, 0.2) is 134 Å². The Labute approximate surface area is 253 Å². The molecule has 0 amide bonds. The summed E-state index contributed by atoms with van der Waals surface area (Å²) in [6, 6.07) is 42.1. The van der Waals surface area contributed by atoms with Crippen molar-refractivity contribution in [3.05, 3.63) is 139 Å². The molecule has 0 fully saturated rings. The predicted octanol–water partition coefficient (Wildman–Crippen LogP) is 8.66. The van der Waals surface area contributed by atoms with Gasteiger partial charge in [-0.25, -0.2) is 15.0 Å². The molecular formula is C38H22N6. The molecule has 4 aromatic carbocycles. The van der Waals surface area contributed by atoms with Crippen molar-refractivity contribution in [3.8, 4) is 51.1 Å². The molecule has 0 saturated heterocycles. The molecule has 0 saturated carbocycles. The summed E-state index contributed by atoms with van der Waals surface area (Å²) in [6.07, 6.45) is 3.62. The standard InChI is InChI=1S/C38H22N6/c39-23-24-15-17-25(18-16-24)37-38(44-34-12-2-1-11-33(34)43-37)36-22-26(27-7-3-13-31-28(27)9-5-19-40-31)21-35(42-36)30-8-4-14-32-29(30)10-6-20-41-32/h1-22H. The number of nitriles is 1. The Bertz CT molecular complexity index is 2300. The molecule has 8 aromatic rings. The van der Waals surface area contributed by atoms with Crippen molar-refractivity contribution in [2.75, 3.05) is 0 Å². The van der Waals surface area contributed by atoms with Crippen LogP contribution in [-0.4, -0.2) is 24.9 Å². The first-order chi connectivity index (χ1) is 21.7. The fraction of sp³-hybridized carbons (Fsp3) is 0. The first kappa shape index (κ1) is 25.4. The number of pyridine rings is 3. The van der Waals surface area contributed by atoms with Gasteiger partial charge in [0.1, 0.15) is 5.69 Å². The third-order valence-corrected chi connectivity index (χ3v) is 7.80. The average Bonchev–Trinajstić information content (AvgIpc) is 3.10. The molecule has 6 nitrogen and oxygen atoms in total. The number of benzene rings is 4. The number of hydrogen-bond acceptors (Lipinski definition) is 6. The molecular weight excluding hydrogens is 540 g/mol. The fourth-order valence-corrected chi connectivity index (χ4v) is 5.71. The lowest BCUT2D eigenvalue weighted by Crippen LogP contribution is -1.99. The second-order valence-electron chi connectivity index (χ2n) is 10.5. The van der Waals surface area contributed by atoms with E-state index in [1.807, 2.05) is 79.0 Å². The SMILES string of the molecule is N#Cc1ccc(-c2nc3ccccc3nc2-c2cc(-c3cccc4ncccc34)cc(-c3cccc4ncccc34)n2)cc1. The molecule has 0 N–H and O–H groups in total. The van der Waals surface area contributed by atoms with Gasteiger partial charge in [0, 0.05) is 34.3 Å². The second kappa shape index (κ2) is 10.5. The maximum atomic E-state index is 9.40. The van der Waals surface area contributed by atoms with Crippen molar-refractivity contribution in [3.63, 3.8) is 0 Å². The highest BCUT2D eigenvalue weighted by atomic mass is 14.9. The molecule has 4 aromatic heterocycles. The van der Waals surface area contributed by atoms with Crippen LogP contribution in [-0.2, 0) is 0 Å². The summed E-state index contributed by atoms with van der Waals surface area (Å²) in [5, 5.41) is 11.5. The molecule has 204 valence electrons. The van der Waals surface area contributed by atoms with Crippen molar-refractivity contribution in [2.45, 2.75) is 0 Å². The van der Waals surface area contributed by atoms with E-state index in [1.54, 1.807) is 18.3 Å². The van der Waals surface area contributed by atoms with E-state index in [9.17, 15) is 5.26 Å². The first-order valence-corrected chi connectivity index (χ1v) is 14.2. The Morgan fingerprint density at radius 3 is 1.73 bits per heavy atom. The van der Waals surface area contributed by atoms with E-state index < -0.39 is 0 Å². The van der Waals surface area contributed by atoms with Crippen LogP contribution in [0.4, 0.5) is 0 Å². The van der Waals surface area contributed by atoms with Crippen LogP contribution in [0.2, 0.25) is 0 Å². The minimum Gasteiger partial charge on any atom is -0.256 e. The maximum absolute atomic E-state index is 9.40. The van der Waals surface area contributed by atoms with Crippen LogP contribution < -0.4 is 0 Å². The lowest BCUT2D eigenvalue weighted by molar-refractivity contribution is 1.24. The summed E-state index contributed by atoms with van der Waals surface area (Å²) >= 11 is 0. The van der Waals surface area contributed by atoms with Crippen LogP contribution in [0, 0.1) is 11.3 Å². The molecule has 4 heterocycles. The lowest BCUT2D eigenvalue weighted by Gasteiger charge is -2.15. The van der Waals surface area contributed by atoms with Gasteiger partial charge in [-0.15, -0.1) is 0 Å². The minimum atomic E-state index is 0.584. The average molecular weight is 563 g/mol. The second-order valence-corrected chi connectivity index (χ2v) is 10.5. The number of aromatic nitrogens is 5. The van der Waals surface area contributed by atoms with Gasteiger partial charge < -0.3 is 0 Å². The van der Waals surface area contributed by atoms with Gasteiger partial charge in [0.15, 0.2) is 0 Å². The summed E-state index contributed by atoms with van der Waals surface area (Å²) in [6.45, 7) is 0. The highest BCUT2D eigenvalue weighted by Gasteiger charge is 2.19. The van der Waals surface area contributed by atoms with Crippen molar-refractivity contribution in [1.29, 1.82) is 5.26 Å². The van der Waals surface area contributed by atoms with Crippen LogP contribution in [0.5, 0.6) is 0 Å². The molecule has 0 spiro atoms. The topological polar surface area (TPSA) is 88.2 Å². The molecule has 8 rings (SSSR count). The van der Waals surface area contributed by atoms with Crippen molar-refractivity contribution >= 4 is 32.8 Å². The molecule has 0 aliphatic carbocycles. The largest absolute Gasteiger partial charge is 0.256 e. The van der Waals surface area contributed by atoms with Gasteiger partial charge in [-0.1, -0.05) is 60.7 Å². The monoisotopic (exact) mass is 562 g/mol.